The molecule has 6 aromatic carbocycles. The van der Waals surface area contributed by atoms with Gasteiger partial charge in [-0.2, -0.15) is 0 Å². The summed E-state index contributed by atoms with van der Waals surface area (Å²) in [5.41, 5.74) is 18.1. The molecule has 1 spiro atoms. The van der Waals surface area contributed by atoms with Crippen molar-refractivity contribution in [3.63, 3.8) is 0 Å². The van der Waals surface area contributed by atoms with Gasteiger partial charge in [-0.05, 0) is 142 Å². The molecule has 50 heavy (non-hydrogen) atoms. The Balaban J connectivity index is 1.03. The van der Waals surface area contributed by atoms with Crippen LogP contribution >= 0.6 is 0 Å². The number of anilines is 3. The zero-order chi connectivity index (χ0) is 33.2. The van der Waals surface area contributed by atoms with Gasteiger partial charge in [0.2, 0.25) is 0 Å². The zero-order valence-corrected chi connectivity index (χ0v) is 29.1. The van der Waals surface area contributed by atoms with E-state index < -0.39 is 0 Å². The molecule has 1 nitrogen and oxygen atoms in total. The van der Waals surface area contributed by atoms with Crippen LogP contribution in [0.15, 0.2) is 140 Å². The normalized spacial score (nSPS) is 25.6. The van der Waals surface area contributed by atoms with Gasteiger partial charge in [0.15, 0.2) is 0 Å². The highest BCUT2D eigenvalue weighted by molar-refractivity contribution is 5.95. The number of para-hydroxylation sites is 1. The van der Waals surface area contributed by atoms with Crippen LogP contribution in [0.2, 0.25) is 0 Å². The van der Waals surface area contributed by atoms with Crippen molar-refractivity contribution in [3.05, 3.63) is 162 Å². The maximum atomic E-state index is 2.62. The van der Waals surface area contributed by atoms with Crippen molar-refractivity contribution in [1.29, 1.82) is 0 Å². The van der Waals surface area contributed by atoms with Gasteiger partial charge in [0.25, 0.3) is 0 Å². The molecule has 4 bridgehead atoms. The highest BCUT2D eigenvalue weighted by Gasteiger charge is 2.61. The molecule has 6 aromatic rings. The van der Waals surface area contributed by atoms with Gasteiger partial charge < -0.3 is 4.90 Å². The second kappa shape index (κ2) is 10.3. The van der Waals surface area contributed by atoms with Crippen molar-refractivity contribution in [3.8, 4) is 33.4 Å². The van der Waals surface area contributed by atoms with Gasteiger partial charge in [0.1, 0.15) is 0 Å². The number of hydrogen-bond donors (Lipinski definition) is 0. The van der Waals surface area contributed by atoms with Crippen LogP contribution in [0.1, 0.15) is 68.2 Å². The summed E-state index contributed by atoms with van der Waals surface area (Å²) in [6, 6.07) is 53.1. The first-order valence-electron chi connectivity index (χ1n) is 18.9. The molecule has 12 rings (SSSR count). The van der Waals surface area contributed by atoms with Gasteiger partial charge in [0.05, 0.1) is 5.69 Å². The van der Waals surface area contributed by atoms with Gasteiger partial charge in [-0.3, -0.25) is 0 Å². The molecule has 0 unspecified atom stereocenters. The molecule has 6 aliphatic carbocycles. The van der Waals surface area contributed by atoms with Crippen LogP contribution in [-0.4, -0.2) is 0 Å². The van der Waals surface area contributed by atoms with E-state index in [2.05, 4.69) is 158 Å². The average molecular weight is 646 g/mol. The number of hydrogen-bond acceptors (Lipinski definition) is 1. The Hall–Kier alpha value is -4.88. The topological polar surface area (TPSA) is 3.24 Å². The van der Waals surface area contributed by atoms with E-state index in [9.17, 15) is 0 Å². The van der Waals surface area contributed by atoms with E-state index in [1.807, 2.05) is 0 Å². The van der Waals surface area contributed by atoms with Crippen molar-refractivity contribution < 1.29 is 0 Å². The number of nitrogens with zero attached hydrogens (tertiary/aromatic N) is 1. The van der Waals surface area contributed by atoms with Gasteiger partial charge in [-0.15, -0.1) is 0 Å². The van der Waals surface area contributed by atoms with Gasteiger partial charge in [-0.1, -0.05) is 117 Å². The predicted molar refractivity (Wildman–Crippen MR) is 207 cm³/mol. The van der Waals surface area contributed by atoms with Crippen molar-refractivity contribution in [2.45, 2.75) is 56.8 Å². The summed E-state index contributed by atoms with van der Waals surface area (Å²) in [4.78, 5) is 2.46. The first-order chi connectivity index (χ1) is 24.5. The second-order valence-corrected chi connectivity index (χ2v) is 16.6. The largest absolute Gasteiger partial charge is 0.310 e. The van der Waals surface area contributed by atoms with Crippen LogP contribution in [-0.2, 0) is 10.8 Å². The minimum absolute atomic E-state index is 0.0456. The quantitative estimate of drug-likeness (QED) is 0.184. The molecule has 244 valence electrons. The Morgan fingerprint density at radius 3 is 1.78 bits per heavy atom. The Kier molecular flexibility index (Phi) is 5.97. The molecular weight excluding hydrogens is 603 g/mol. The molecule has 6 aliphatic rings. The lowest BCUT2D eigenvalue weighted by atomic mass is 9.43. The minimum Gasteiger partial charge on any atom is -0.310 e. The van der Waals surface area contributed by atoms with Gasteiger partial charge >= 0.3 is 0 Å². The summed E-state index contributed by atoms with van der Waals surface area (Å²) in [6.07, 6.45) is 7.15. The number of rotatable bonds is 4. The average Bonchev–Trinajstić information content (AvgIpc) is 3.57. The monoisotopic (exact) mass is 645 g/mol. The SMILES string of the molecule is CC1(C)c2ccccc2-c2c(N(c3ccccc3)c3ccc(-c4ccc5c(c4)C4(c6ccccc6-5)C5CC6CC(C5)CC4C6)cc3)cccc21. The van der Waals surface area contributed by atoms with Gasteiger partial charge in [0, 0.05) is 27.8 Å². The van der Waals surface area contributed by atoms with E-state index in [-0.39, 0.29) is 10.8 Å². The van der Waals surface area contributed by atoms with Crippen LogP contribution in [0, 0.1) is 23.7 Å². The summed E-state index contributed by atoms with van der Waals surface area (Å²) in [6.45, 7) is 4.73. The van der Waals surface area contributed by atoms with Crippen LogP contribution in [0.4, 0.5) is 17.1 Å². The first-order valence-corrected chi connectivity index (χ1v) is 18.9. The lowest BCUT2D eigenvalue weighted by molar-refractivity contribution is -0.0399. The second-order valence-electron chi connectivity index (χ2n) is 16.6. The van der Waals surface area contributed by atoms with Crippen molar-refractivity contribution in [2.24, 2.45) is 23.7 Å². The van der Waals surface area contributed by atoms with Crippen molar-refractivity contribution in [2.75, 3.05) is 4.90 Å². The van der Waals surface area contributed by atoms with E-state index >= 15 is 0 Å². The molecule has 0 aromatic heterocycles. The number of benzene rings is 6. The van der Waals surface area contributed by atoms with E-state index in [1.165, 1.54) is 93.7 Å². The van der Waals surface area contributed by atoms with Crippen LogP contribution in [0.3, 0.4) is 0 Å². The fraction of sp³-hybridized carbons (Fsp3) is 0.265. The standard InChI is InChI=1S/C49H43N/c1-48(2)42-15-8-7-14-41(42)47-44(48)17-10-18-46(47)50(37-11-4-3-5-12-37)38-22-19-33(20-23-38)34-21-24-40-39-13-6-9-16-43(39)49(45(40)30-34)35-26-31-25-32(28-35)29-36(49)27-31/h3-24,30-32,35-36H,25-29H2,1-2H3. The molecule has 0 saturated heterocycles. The van der Waals surface area contributed by atoms with Crippen molar-refractivity contribution in [1.82, 2.24) is 0 Å². The minimum atomic E-state index is -0.0456. The number of fused-ring (bicyclic) bond motifs is 6. The summed E-state index contributed by atoms with van der Waals surface area (Å²) in [5.74, 6) is 3.46. The molecular formula is C49H43N. The van der Waals surface area contributed by atoms with Crippen LogP contribution in [0.5, 0.6) is 0 Å². The third kappa shape index (κ3) is 3.79. The molecule has 0 atom stereocenters. The Morgan fingerprint density at radius 2 is 1.04 bits per heavy atom. The molecule has 0 radical (unpaired) electrons. The highest BCUT2D eigenvalue weighted by atomic mass is 15.1. The molecule has 0 N–H and O–H groups in total. The van der Waals surface area contributed by atoms with Crippen LogP contribution < -0.4 is 4.90 Å². The molecule has 0 aliphatic heterocycles. The molecule has 1 heteroatoms. The first kappa shape index (κ1) is 28.9. The molecule has 0 amide bonds. The van der Waals surface area contributed by atoms with E-state index in [0.29, 0.717) is 0 Å². The summed E-state index contributed by atoms with van der Waals surface area (Å²) in [7, 11) is 0. The van der Waals surface area contributed by atoms with Gasteiger partial charge in [-0.25, -0.2) is 0 Å². The van der Waals surface area contributed by atoms with E-state index in [1.54, 1.807) is 11.1 Å². The Bertz CT molecular complexity index is 2280. The van der Waals surface area contributed by atoms with E-state index in [0.717, 1.165) is 23.7 Å². The molecule has 0 heterocycles. The fourth-order valence-corrected chi connectivity index (χ4v) is 12.1. The predicted octanol–water partition coefficient (Wildman–Crippen LogP) is 12.9. The summed E-state index contributed by atoms with van der Waals surface area (Å²) in [5, 5.41) is 0. The van der Waals surface area contributed by atoms with Crippen LogP contribution in [0.25, 0.3) is 33.4 Å². The van der Waals surface area contributed by atoms with Crippen molar-refractivity contribution >= 4 is 17.1 Å². The summed E-state index contributed by atoms with van der Waals surface area (Å²) < 4.78 is 0. The Morgan fingerprint density at radius 1 is 0.460 bits per heavy atom. The Labute approximate surface area is 296 Å². The lowest BCUT2D eigenvalue weighted by Gasteiger charge is -2.61. The smallest absolute Gasteiger partial charge is 0.0543 e. The van der Waals surface area contributed by atoms with E-state index in [4.69, 9.17) is 0 Å². The third-order valence-electron chi connectivity index (χ3n) is 13.9. The molecule has 4 fully saturated rings. The fourth-order valence-electron chi connectivity index (χ4n) is 12.1. The maximum absolute atomic E-state index is 2.62. The zero-order valence-electron chi connectivity index (χ0n) is 29.1. The third-order valence-corrected chi connectivity index (χ3v) is 13.9. The summed E-state index contributed by atoms with van der Waals surface area (Å²) >= 11 is 0. The highest BCUT2D eigenvalue weighted by Crippen LogP contribution is 2.69. The molecule has 4 saturated carbocycles. The lowest BCUT2D eigenvalue weighted by Crippen LogP contribution is -2.55. The maximum Gasteiger partial charge on any atom is 0.0543 e.